The van der Waals surface area contributed by atoms with Gasteiger partial charge in [-0.2, -0.15) is 0 Å². The second kappa shape index (κ2) is 5.70. The second-order valence-corrected chi connectivity index (χ2v) is 4.32. The third kappa shape index (κ3) is 2.94. The van der Waals surface area contributed by atoms with Gasteiger partial charge >= 0.3 is 0 Å². The van der Waals surface area contributed by atoms with Gasteiger partial charge in [0.05, 0.1) is 18.6 Å². The highest BCUT2D eigenvalue weighted by molar-refractivity contribution is 6.32. The number of nitro benzene ring substituents is 1. The molecule has 0 aliphatic heterocycles. The molecule has 2 aromatic rings. The second-order valence-electron chi connectivity index (χ2n) is 3.91. The molecule has 0 aliphatic carbocycles. The molecule has 0 saturated heterocycles. The summed E-state index contributed by atoms with van der Waals surface area (Å²) in [5.41, 5.74) is 0.00691. The molecule has 0 aliphatic rings. The fraction of sp³-hybridized carbons (Fsp3) is 0.167. The summed E-state index contributed by atoms with van der Waals surface area (Å²) in [6.45, 7) is 0.0913. The average Bonchev–Trinajstić information content (AvgIpc) is 2.43. The maximum atomic E-state index is 11.7. The third-order valence-electron chi connectivity index (χ3n) is 2.59. The zero-order chi connectivity index (χ0) is 14.7. The Morgan fingerprint density at radius 2 is 2.15 bits per heavy atom. The van der Waals surface area contributed by atoms with Crippen molar-refractivity contribution in [2.24, 2.45) is 0 Å². The highest BCUT2D eigenvalue weighted by Crippen LogP contribution is 2.25. The number of hydrogen-bond donors (Lipinski definition) is 0. The molecule has 7 nitrogen and oxygen atoms in total. The predicted molar refractivity (Wildman–Crippen MR) is 72.3 cm³/mol. The summed E-state index contributed by atoms with van der Waals surface area (Å²) < 4.78 is 6.09. The Hall–Kier alpha value is -2.41. The van der Waals surface area contributed by atoms with Crippen molar-refractivity contribution in [3.63, 3.8) is 0 Å². The Kier molecular flexibility index (Phi) is 3.99. The maximum Gasteiger partial charge on any atom is 0.288 e. The normalized spacial score (nSPS) is 10.3. The van der Waals surface area contributed by atoms with E-state index < -0.39 is 4.92 Å². The van der Waals surface area contributed by atoms with E-state index >= 15 is 0 Å². The Balaban J connectivity index is 2.37. The molecule has 0 unspecified atom stereocenters. The first-order valence-electron chi connectivity index (χ1n) is 5.56. The maximum absolute atomic E-state index is 11.7. The van der Waals surface area contributed by atoms with Gasteiger partial charge in [-0.25, -0.2) is 4.68 Å². The smallest absolute Gasteiger partial charge is 0.288 e. The Labute approximate surface area is 118 Å². The monoisotopic (exact) mass is 295 g/mol. The molecule has 0 radical (unpaired) electrons. The SMILES string of the molecule is COc1ccc(=O)n(Cc2ccc(Cl)c([N+](=O)[O-])c2)n1. The van der Waals surface area contributed by atoms with Crippen LogP contribution in [-0.4, -0.2) is 21.8 Å². The van der Waals surface area contributed by atoms with Crippen molar-refractivity contribution in [2.75, 3.05) is 7.11 Å². The van der Waals surface area contributed by atoms with E-state index in [1.165, 1.54) is 31.4 Å². The molecule has 1 heterocycles. The van der Waals surface area contributed by atoms with Crippen LogP contribution in [0.2, 0.25) is 5.02 Å². The molecule has 0 atom stereocenters. The lowest BCUT2D eigenvalue weighted by atomic mass is 10.2. The minimum absolute atomic E-state index is 0.0460. The number of halogens is 1. The van der Waals surface area contributed by atoms with Gasteiger partial charge in [-0.15, -0.1) is 5.10 Å². The number of ether oxygens (including phenoxy) is 1. The molecular formula is C12H10ClN3O4. The molecule has 0 N–H and O–H groups in total. The number of nitro groups is 1. The van der Waals surface area contributed by atoms with Crippen molar-refractivity contribution in [3.8, 4) is 5.88 Å². The summed E-state index contributed by atoms with van der Waals surface area (Å²) in [7, 11) is 1.43. The topological polar surface area (TPSA) is 87.3 Å². The Morgan fingerprint density at radius 1 is 1.40 bits per heavy atom. The van der Waals surface area contributed by atoms with Crippen LogP contribution in [0.3, 0.4) is 0 Å². The fourth-order valence-electron chi connectivity index (χ4n) is 1.62. The minimum atomic E-state index is -0.576. The lowest BCUT2D eigenvalue weighted by Crippen LogP contribution is -2.22. The molecule has 8 heteroatoms. The summed E-state index contributed by atoms with van der Waals surface area (Å²) in [5, 5.41) is 14.8. The summed E-state index contributed by atoms with van der Waals surface area (Å²) in [6, 6.07) is 7.10. The fourth-order valence-corrected chi connectivity index (χ4v) is 1.81. The van der Waals surface area contributed by atoms with Gasteiger partial charge in [-0.3, -0.25) is 14.9 Å². The molecule has 0 saturated carbocycles. The minimum Gasteiger partial charge on any atom is -0.480 e. The van der Waals surface area contributed by atoms with E-state index in [0.717, 1.165) is 4.68 Å². The van der Waals surface area contributed by atoms with Crippen LogP contribution in [0.15, 0.2) is 35.1 Å². The van der Waals surface area contributed by atoms with Gasteiger partial charge in [0, 0.05) is 18.2 Å². The summed E-state index contributed by atoms with van der Waals surface area (Å²) in [5.74, 6) is 0.285. The van der Waals surface area contributed by atoms with Crippen molar-refractivity contribution in [1.82, 2.24) is 9.78 Å². The largest absolute Gasteiger partial charge is 0.480 e. The predicted octanol–water partition coefficient (Wildman–Crippen LogP) is 1.86. The van der Waals surface area contributed by atoms with Gasteiger partial charge in [0.1, 0.15) is 5.02 Å². The highest BCUT2D eigenvalue weighted by Gasteiger charge is 2.13. The van der Waals surface area contributed by atoms with Gasteiger partial charge in [-0.1, -0.05) is 17.7 Å². The van der Waals surface area contributed by atoms with E-state index in [0.29, 0.717) is 5.56 Å². The van der Waals surface area contributed by atoms with Crippen molar-refractivity contribution in [3.05, 3.63) is 61.4 Å². The van der Waals surface area contributed by atoms with Crippen LogP contribution >= 0.6 is 11.6 Å². The summed E-state index contributed by atoms with van der Waals surface area (Å²) in [6.07, 6.45) is 0. The molecule has 104 valence electrons. The van der Waals surface area contributed by atoms with Gasteiger partial charge in [0.2, 0.25) is 5.88 Å². The molecule has 2 rings (SSSR count). The van der Waals surface area contributed by atoms with Crippen LogP contribution in [0.25, 0.3) is 0 Å². The quantitative estimate of drug-likeness (QED) is 0.634. The van der Waals surface area contributed by atoms with Crippen LogP contribution in [-0.2, 0) is 6.54 Å². The van der Waals surface area contributed by atoms with E-state index in [-0.39, 0.29) is 28.7 Å². The van der Waals surface area contributed by atoms with Crippen molar-refractivity contribution >= 4 is 17.3 Å². The van der Waals surface area contributed by atoms with Gasteiger partial charge in [-0.05, 0) is 11.6 Å². The van der Waals surface area contributed by atoms with Crippen molar-refractivity contribution in [1.29, 1.82) is 0 Å². The number of rotatable bonds is 4. The molecule has 0 amide bonds. The average molecular weight is 296 g/mol. The number of nitrogens with zero attached hydrogens (tertiary/aromatic N) is 3. The first kappa shape index (κ1) is 14.0. The molecule has 0 fully saturated rings. The zero-order valence-electron chi connectivity index (χ0n) is 10.4. The molecule has 0 spiro atoms. The first-order chi connectivity index (χ1) is 9.51. The molecule has 20 heavy (non-hydrogen) atoms. The number of benzene rings is 1. The lowest BCUT2D eigenvalue weighted by Gasteiger charge is -2.06. The van der Waals surface area contributed by atoms with Gasteiger partial charge < -0.3 is 4.74 Å². The lowest BCUT2D eigenvalue weighted by molar-refractivity contribution is -0.384. The molecular weight excluding hydrogens is 286 g/mol. The van der Waals surface area contributed by atoms with Crippen LogP contribution in [0, 0.1) is 10.1 Å². The molecule has 0 bridgehead atoms. The van der Waals surface area contributed by atoms with E-state index in [2.05, 4.69) is 5.10 Å². The van der Waals surface area contributed by atoms with E-state index in [4.69, 9.17) is 16.3 Å². The van der Waals surface area contributed by atoms with Crippen LogP contribution < -0.4 is 10.3 Å². The summed E-state index contributed by atoms with van der Waals surface area (Å²) >= 11 is 5.73. The first-order valence-corrected chi connectivity index (χ1v) is 5.94. The van der Waals surface area contributed by atoms with E-state index in [9.17, 15) is 14.9 Å². The number of hydrogen-bond acceptors (Lipinski definition) is 5. The molecule has 1 aromatic heterocycles. The van der Waals surface area contributed by atoms with E-state index in [1.807, 2.05) is 0 Å². The van der Waals surface area contributed by atoms with Crippen molar-refractivity contribution < 1.29 is 9.66 Å². The number of aromatic nitrogens is 2. The summed E-state index contributed by atoms with van der Waals surface area (Å²) in [4.78, 5) is 21.9. The third-order valence-corrected chi connectivity index (χ3v) is 2.91. The zero-order valence-corrected chi connectivity index (χ0v) is 11.2. The standard InChI is InChI=1S/C12H10ClN3O4/c1-20-11-4-5-12(17)15(14-11)7-8-2-3-9(13)10(6-8)16(18)19/h2-6H,7H2,1H3. The van der Waals surface area contributed by atoms with Crippen molar-refractivity contribution in [2.45, 2.75) is 6.54 Å². The highest BCUT2D eigenvalue weighted by atomic mass is 35.5. The molecule has 1 aromatic carbocycles. The number of methoxy groups -OCH3 is 1. The van der Waals surface area contributed by atoms with Gasteiger partial charge in [0.25, 0.3) is 11.2 Å². The Morgan fingerprint density at radius 3 is 2.80 bits per heavy atom. The van der Waals surface area contributed by atoms with Crippen LogP contribution in [0.1, 0.15) is 5.56 Å². The van der Waals surface area contributed by atoms with Crippen LogP contribution in [0.5, 0.6) is 5.88 Å². The van der Waals surface area contributed by atoms with Gasteiger partial charge in [0.15, 0.2) is 0 Å². The Bertz CT molecular complexity index is 714. The van der Waals surface area contributed by atoms with Crippen LogP contribution in [0.4, 0.5) is 5.69 Å². The van der Waals surface area contributed by atoms with E-state index in [1.54, 1.807) is 6.07 Å².